The first-order valence-corrected chi connectivity index (χ1v) is 9.90. The van der Waals surface area contributed by atoms with Crippen LogP contribution in [0, 0.1) is 11.3 Å². The molecule has 0 aliphatic heterocycles. The fraction of sp³-hybridized carbons (Fsp3) is 0.0370. The van der Waals surface area contributed by atoms with Crippen LogP contribution >= 0.6 is 0 Å². The first-order valence-electron chi connectivity index (χ1n) is 9.90. The molecule has 4 aromatic carbocycles. The Labute approximate surface area is 178 Å². The maximum absolute atomic E-state index is 12.6. The average Bonchev–Trinajstić information content (AvgIpc) is 3.23. The van der Waals surface area contributed by atoms with Crippen molar-refractivity contribution in [1.82, 2.24) is 0 Å². The molecule has 0 unspecified atom stereocenters. The molecule has 4 nitrogen and oxygen atoms in total. The van der Waals surface area contributed by atoms with Crippen molar-refractivity contribution in [1.29, 1.82) is 5.26 Å². The summed E-state index contributed by atoms with van der Waals surface area (Å²) in [6.07, 6.45) is 1.75. The quantitative estimate of drug-likeness (QED) is 0.262. The molecule has 31 heavy (non-hydrogen) atoms. The lowest BCUT2D eigenvalue weighted by Crippen LogP contribution is -2.10. The van der Waals surface area contributed by atoms with Crippen molar-refractivity contribution in [2.75, 3.05) is 0 Å². The largest absolute Gasteiger partial charge is 0.464 e. The summed E-state index contributed by atoms with van der Waals surface area (Å²) < 4.78 is 11.2. The highest BCUT2D eigenvalue weighted by Gasteiger charge is 2.14. The Morgan fingerprint density at radius 3 is 2.32 bits per heavy atom. The molecule has 0 atom stereocenters. The molecule has 1 heterocycles. The van der Waals surface area contributed by atoms with E-state index in [0.29, 0.717) is 11.3 Å². The lowest BCUT2D eigenvalue weighted by molar-refractivity contribution is -0.133. The van der Waals surface area contributed by atoms with Crippen LogP contribution in [0.4, 0.5) is 0 Å². The van der Waals surface area contributed by atoms with Crippen LogP contribution in [0.2, 0.25) is 0 Å². The van der Waals surface area contributed by atoms with Gasteiger partial charge in [0.15, 0.2) is 0 Å². The van der Waals surface area contributed by atoms with E-state index in [1.165, 1.54) is 0 Å². The topological polar surface area (TPSA) is 63.2 Å². The van der Waals surface area contributed by atoms with E-state index in [1.807, 2.05) is 60.7 Å². The number of benzene rings is 4. The molecule has 0 aliphatic carbocycles. The van der Waals surface area contributed by atoms with Crippen LogP contribution in [0.1, 0.15) is 11.1 Å². The number of ether oxygens (including phenoxy) is 1. The van der Waals surface area contributed by atoms with Gasteiger partial charge in [-0.2, -0.15) is 5.26 Å². The molecule has 148 valence electrons. The lowest BCUT2D eigenvalue weighted by Gasteiger charge is -2.06. The Bertz CT molecular complexity index is 1440. The molecule has 1 aromatic heterocycles. The second kappa shape index (κ2) is 7.81. The second-order valence-electron chi connectivity index (χ2n) is 7.29. The minimum absolute atomic E-state index is 0.123. The van der Waals surface area contributed by atoms with Gasteiger partial charge in [-0.3, -0.25) is 4.79 Å². The van der Waals surface area contributed by atoms with Crippen molar-refractivity contribution in [3.05, 3.63) is 102 Å². The summed E-state index contributed by atoms with van der Waals surface area (Å²) >= 11 is 0. The number of nitrogens with zero attached hydrogens (tertiary/aromatic N) is 1. The smallest absolute Gasteiger partial charge is 0.315 e. The normalized spacial score (nSPS) is 10.8. The van der Waals surface area contributed by atoms with Crippen LogP contribution in [-0.2, 0) is 11.2 Å². The number of nitriles is 1. The number of carbonyl (C=O) groups excluding carboxylic acids is 1. The maximum Gasteiger partial charge on any atom is 0.315 e. The number of fused-ring (bicyclic) bond motifs is 3. The SMILES string of the molecule is N#Cc1ccc(-c2ccc(OC(=O)Cc3coc4ccc5ccccc5c34)cc2)cc1. The van der Waals surface area contributed by atoms with Gasteiger partial charge < -0.3 is 9.15 Å². The first kappa shape index (κ1) is 18.7. The summed E-state index contributed by atoms with van der Waals surface area (Å²) in [5.41, 5.74) is 4.17. The predicted octanol–water partition coefficient (Wildman–Crippen LogP) is 6.27. The van der Waals surface area contributed by atoms with Crippen molar-refractivity contribution in [2.24, 2.45) is 0 Å². The fourth-order valence-electron chi connectivity index (χ4n) is 3.78. The molecule has 0 radical (unpaired) electrons. The van der Waals surface area contributed by atoms with E-state index in [0.717, 1.165) is 38.4 Å². The molecule has 0 saturated carbocycles. The molecule has 5 rings (SSSR count). The van der Waals surface area contributed by atoms with Gasteiger partial charge in [0.2, 0.25) is 0 Å². The molecule has 4 heteroatoms. The van der Waals surface area contributed by atoms with Crippen molar-refractivity contribution >= 4 is 27.7 Å². The summed E-state index contributed by atoms with van der Waals surface area (Å²) in [6, 6.07) is 28.8. The minimum Gasteiger partial charge on any atom is -0.464 e. The Hall–Kier alpha value is -4.36. The van der Waals surface area contributed by atoms with Crippen molar-refractivity contribution in [3.63, 3.8) is 0 Å². The van der Waals surface area contributed by atoms with Crippen LogP contribution in [-0.4, -0.2) is 5.97 Å². The summed E-state index contributed by atoms with van der Waals surface area (Å²) in [5.74, 6) is 0.141. The molecular formula is C27H17NO3. The summed E-state index contributed by atoms with van der Waals surface area (Å²) in [7, 11) is 0. The van der Waals surface area contributed by atoms with E-state index in [-0.39, 0.29) is 12.4 Å². The zero-order valence-electron chi connectivity index (χ0n) is 16.5. The highest BCUT2D eigenvalue weighted by atomic mass is 16.5. The Balaban J connectivity index is 1.34. The van der Waals surface area contributed by atoms with Crippen LogP contribution in [0.25, 0.3) is 32.9 Å². The second-order valence-corrected chi connectivity index (χ2v) is 7.29. The van der Waals surface area contributed by atoms with Gasteiger partial charge in [0.1, 0.15) is 11.3 Å². The molecule has 0 aliphatic rings. The number of furan rings is 1. The molecule has 0 N–H and O–H groups in total. The van der Waals surface area contributed by atoms with Crippen molar-refractivity contribution in [3.8, 4) is 22.9 Å². The van der Waals surface area contributed by atoms with E-state index in [1.54, 1.807) is 30.5 Å². The zero-order valence-corrected chi connectivity index (χ0v) is 16.5. The highest BCUT2D eigenvalue weighted by Crippen LogP contribution is 2.30. The van der Waals surface area contributed by atoms with Gasteiger partial charge in [-0.05, 0) is 52.2 Å². The summed E-state index contributed by atoms with van der Waals surface area (Å²) in [4.78, 5) is 12.6. The number of hydrogen-bond donors (Lipinski definition) is 0. The molecule has 0 saturated heterocycles. The van der Waals surface area contributed by atoms with Crippen LogP contribution in [0.5, 0.6) is 5.75 Å². The number of esters is 1. The number of hydrogen-bond acceptors (Lipinski definition) is 4. The molecule has 5 aromatic rings. The molecule has 0 bridgehead atoms. The van der Waals surface area contributed by atoms with Crippen LogP contribution in [0.15, 0.2) is 95.6 Å². The maximum atomic E-state index is 12.6. The summed E-state index contributed by atoms with van der Waals surface area (Å²) in [5, 5.41) is 12.0. The first-order chi connectivity index (χ1) is 15.2. The molecule has 0 amide bonds. The van der Waals surface area contributed by atoms with Gasteiger partial charge in [0.25, 0.3) is 0 Å². The Morgan fingerprint density at radius 2 is 1.58 bits per heavy atom. The third kappa shape index (κ3) is 3.65. The van der Waals surface area contributed by atoms with Crippen molar-refractivity contribution in [2.45, 2.75) is 6.42 Å². The monoisotopic (exact) mass is 403 g/mol. The fourth-order valence-corrected chi connectivity index (χ4v) is 3.78. The Morgan fingerprint density at radius 1 is 0.871 bits per heavy atom. The van der Waals surface area contributed by atoms with Gasteiger partial charge in [0, 0.05) is 10.9 Å². The number of carbonyl (C=O) groups is 1. The predicted molar refractivity (Wildman–Crippen MR) is 120 cm³/mol. The minimum atomic E-state index is -0.346. The van der Waals surface area contributed by atoms with Gasteiger partial charge in [-0.15, -0.1) is 0 Å². The van der Waals surface area contributed by atoms with Crippen LogP contribution < -0.4 is 4.74 Å². The third-order valence-corrected chi connectivity index (χ3v) is 5.31. The standard InChI is InChI=1S/C27H17NO3/c28-16-18-5-7-19(8-6-18)20-9-12-23(13-10-20)31-26(29)15-22-17-30-25-14-11-21-3-1-2-4-24(21)27(22)25/h1-14,17H,15H2. The van der Waals surface area contributed by atoms with Gasteiger partial charge in [-0.25, -0.2) is 0 Å². The lowest BCUT2D eigenvalue weighted by atomic mass is 10.0. The summed E-state index contributed by atoms with van der Waals surface area (Å²) in [6.45, 7) is 0. The Kier molecular flexibility index (Phi) is 4.70. The number of rotatable bonds is 4. The van der Waals surface area contributed by atoms with Crippen molar-refractivity contribution < 1.29 is 13.9 Å². The third-order valence-electron chi connectivity index (χ3n) is 5.31. The van der Waals surface area contributed by atoms with E-state index in [4.69, 9.17) is 14.4 Å². The van der Waals surface area contributed by atoms with E-state index < -0.39 is 0 Å². The molecule has 0 spiro atoms. The zero-order chi connectivity index (χ0) is 21.2. The molecular weight excluding hydrogens is 386 g/mol. The van der Waals surface area contributed by atoms with Gasteiger partial charge >= 0.3 is 5.97 Å². The highest BCUT2D eigenvalue weighted by molar-refractivity contribution is 6.08. The van der Waals surface area contributed by atoms with Gasteiger partial charge in [-0.1, -0.05) is 54.6 Å². The molecule has 0 fully saturated rings. The van der Waals surface area contributed by atoms with Crippen LogP contribution in [0.3, 0.4) is 0 Å². The average molecular weight is 403 g/mol. The van der Waals surface area contributed by atoms with E-state index >= 15 is 0 Å². The van der Waals surface area contributed by atoms with E-state index in [2.05, 4.69) is 6.07 Å². The van der Waals surface area contributed by atoms with Gasteiger partial charge in [0.05, 0.1) is 24.3 Å². The van der Waals surface area contributed by atoms with E-state index in [9.17, 15) is 4.79 Å².